The number of rotatable bonds is 4. The molecule has 5 nitrogen and oxygen atoms in total. The molecular weight excluding hydrogens is 400 g/mol. The predicted octanol–water partition coefficient (Wildman–Crippen LogP) is 5.00. The fourth-order valence-corrected chi connectivity index (χ4v) is 4.00. The number of hydrogen-bond donors (Lipinski definition) is 1. The molecule has 0 bridgehead atoms. The van der Waals surface area contributed by atoms with Crippen LogP contribution in [0.3, 0.4) is 0 Å². The van der Waals surface area contributed by atoms with Crippen molar-refractivity contribution in [2.24, 2.45) is 0 Å². The number of aromatic nitrogens is 1. The van der Waals surface area contributed by atoms with E-state index in [0.717, 1.165) is 16.7 Å². The third kappa shape index (κ3) is 4.06. The highest BCUT2D eigenvalue weighted by atomic mass is 16.3. The van der Waals surface area contributed by atoms with Crippen LogP contribution in [0.4, 0.5) is 0 Å². The first-order chi connectivity index (χ1) is 15.3. The summed E-state index contributed by atoms with van der Waals surface area (Å²) in [6, 6.07) is 20.0. The number of Topliss-reactive ketones (excluding diaryl/α,β-unsaturated/α-hetero) is 1. The number of likely N-dealkylation sites (tertiary alicyclic amines) is 1. The Balaban J connectivity index is 1.85. The minimum absolute atomic E-state index is 0.0264. The third-order valence-electron chi connectivity index (χ3n) is 5.78. The number of benzene rings is 2. The van der Waals surface area contributed by atoms with Gasteiger partial charge >= 0.3 is 0 Å². The first-order valence-electron chi connectivity index (χ1n) is 10.6. The first kappa shape index (κ1) is 21.5. The van der Waals surface area contributed by atoms with Gasteiger partial charge in [0, 0.05) is 24.5 Å². The lowest BCUT2D eigenvalue weighted by atomic mass is 9.85. The minimum Gasteiger partial charge on any atom is -0.507 e. The topological polar surface area (TPSA) is 70.5 Å². The summed E-state index contributed by atoms with van der Waals surface area (Å²) in [4.78, 5) is 31.7. The van der Waals surface area contributed by atoms with Crippen molar-refractivity contribution in [3.05, 3.63) is 107 Å². The summed E-state index contributed by atoms with van der Waals surface area (Å²) in [6.07, 6.45) is 3.09. The third-order valence-corrected chi connectivity index (χ3v) is 5.78. The summed E-state index contributed by atoms with van der Waals surface area (Å²) in [5.41, 5.74) is 3.37. The Bertz CT molecular complexity index is 1160. The van der Waals surface area contributed by atoms with Crippen LogP contribution in [0.15, 0.2) is 84.7 Å². The molecule has 1 aromatic heterocycles. The number of carbonyl (C=O) groups is 2. The van der Waals surface area contributed by atoms with Crippen molar-refractivity contribution in [3.63, 3.8) is 0 Å². The Morgan fingerprint density at radius 3 is 2.16 bits per heavy atom. The summed E-state index contributed by atoms with van der Waals surface area (Å²) in [5, 5.41) is 11.1. The second-order valence-electron chi connectivity index (χ2n) is 9.02. The quantitative estimate of drug-likeness (QED) is 0.362. The number of amides is 1. The number of aliphatic hydroxyl groups excluding tert-OH is 1. The number of hydrogen-bond acceptors (Lipinski definition) is 4. The number of carbonyl (C=O) groups excluding carboxylic acids is 2. The Labute approximate surface area is 188 Å². The molecule has 1 N–H and O–H groups in total. The van der Waals surface area contributed by atoms with E-state index in [-0.39, 0.29) is 23.3 Å². The number of ketones is 1. The van der Waals surface area contributed by atoms with E-state index < -0.39 is 17.7 Å². The molecule has 5 heteroatoms. The number of nitrogens with zero attached hydrogens (tertiary/aromatic N) is 2. The van der Waals surface area contributed by atoms with E-state index in [9.17, 15) is 14.7 Å². The summed E-state index contributed by atoms with van der Waals surface area (Å²) in [7, 11) is 0. The summed E-state index contributed by atoms with van der Waals surface area (Å²) >= 11 is 0. The Hall–Kier alpha value is -3.73. The SMILES string of the molecule is CC(C)(C)c1ccc(C2/C(=C(\O)c3ccncc3)C(=O)C(=O)N2Cc2ccccc2)cc1. The van der Waals surface area contributed by atoms with Crippen molar-refractivity contribution in [3.8, 4) is 0 Å². The van der Waals surface area contributed by atoms with E-state index in [1.165, 1.54) is 4.90 Å². The fourth-order valence-electron chi connectivity index (χ4n) is 4.00. The van der Waals surface area contributed by atoms with Crippen molar-refractivity contribution in [2.75, 3.05) is 0 Å². The highest BCUT2D eigenvalue weighted by Crippen LogP contribution is 2.40. The summed E-state index contributed by atoms with van der Waals surface area (Å²) in [5.74, 6) is -1.49. The van der Waals surface area contributed by atoms with Gasteiger partial charge in [-0.2, -0.15) is 0 Å². The maximum atomic E-state index is 13.1. The van der Waals surface area contributed by atoms with Crippen molar-refractivity contribution in [2.45, 2.75) is 38.8 Å². The van der Waals surface area contributed by atoms with E-state index in [1.807, 2.05) is 54.6 Å². The van der Waals surface area contributed by atoms with Crippen LogP contribution in [0.5, 0.6) is 0 Å². The second kappa shape index (κ2) is 8.42. The van der Waals surface area contributed by atoms with E-state index >= 15 is 0 Å². The predicted molar refractivity (Wildman–Crippen MR) is 124 cm³/mol. The van der Waals surface area contributed by atoms with Crippen molar-refractivity contribution in [1.29, 1.82) is 0 Å². The summed E-state index contributed by atoms with van der Waals surface area (Å²) in [6.45, 7) is 6.66. The van der Waals surface area contributed by atoms with Crippen LogP contribution in [-0.4, -0.2) is 26.7 Å². The first-order valence-corrected chi connectivity index (χ1v) is 10.6. The summed E-state index contributed by atoms with van der Waals surface area (Å²) < 4.78 is 0. The van der Waals surface area contributed by atoms with E-state index in [4.69, 9.17) is 0 Å². The number of aliphatic hydroxyl groups is 1. The lowest BCUT2D eigenvalue weighted by molar-refractivity contribution is -0.140. The molecule has 1 aliphatic rings. The van der Waals surface area contributed by atoms with Crippen LogP contribution in [0.2, 0.25) is 0 Å². The standard InChI is InChI=1S/C27H26N2O3/c1-27(2,3)21-11-9-19(10-12-21)23-22(24(30)20-13-15-28-16-14-20)25(31)26(32)29(23)17-18-7-5-4-6-8-18/h4-16,23,30H,17H2,1-3H3/b24-22+. The van der Waals surface area contributed by atoms with Crippen LogP contribution in [-0.2, 0) is 21.5 Å². The van der Waals surface area contributed by atoms with Crippen molar-refractivity contribution >= 4 is 17.4 Å². The molecule has 0 aliphatic carbocycles. The van der Waals surface area contributed by atoms with Crippen molar-refractivity contribution < 1.29 is 14.7 Å². The lowest BCUT2D eigenvalue weighted by Crippen LogP contribution is -2.29. The molecule has 162 valence electrons. The molecule has 1 atom stereocenters. The van der Waals surface area contributed by atoms with Crippen molar-refractivity contribution in [1.82, 2.24) is 9.88 Å². The lowest BCUT2D eigenvalue weighted by Gasteiger charge is -2.26. The molecule has 3 aromatic rings. The van der Waals surface area contributed by atoms with E-state index in [1.54, 1.807) is 24.5 Å². The number of pyridine rings is 1. The van der Waals surface area contributed by atoms with Gasteiger partial charge in [-0.25, -0.2) is 0 Å². The molecule has 0 radical (unpaired) electrons. The maximum absolute atomic E-state index is 13.1. The molecule has 4 rings (SSSR count). The Morgan fingerprint density at radius 1 is 0.938 bits per heavy atom. The molecule has 32 heavy (non-hydrogen) atoms. The molecule has 0 spiro atoms. The molecule has 2 aromatic carbocycles. The molecular formula is C27H26N2O3. The highest BCUT2D eigenvalue weighted by Gasteiger charge is 2.46. The van der Waals surface area contributed by atoms with Gasteiger partial charge in [-0.15, -0.1) is 0 Å². The van der Waals surface area contributed by atoms with Gasteiger partial charge in [0.05, 0.1) is 11.6 Å². The molecule has 1 amide bonds. The van der Waals surface area contributed by atoms with Crippen LogP contribution in [0, 0.1) is 0 Å². The molecule has 1 saturated heterocycles. The zero-order valence-corrected chi connectivity index (χ0v) is 18.4. The van der Waals surface area contributed by atoms with E-state index in [2.05, 4.69) is 25.8 Å². The average Bonchev–Trinajstić information content (AvgIpc) is 3.04. The normalized spacial score (nSPS) is 18.2. The Kier molecular flexibility index (Phi) is 5.66. The van der Waals surface area contributed by atoms with Crippen LogP contribution >= 0.6 is 0 Å². The molecule has 1 unspecified atom stereocenters. The minimum atomic E-state index is -0.683. The van der Waals surface area contributed by atoms with Gasteiger partial charge in [-0.1, -0.05) is 75.4 Å². The molecule has 1 fully saturated rings. The smallest absolute Gasteiger partial charge is 0.295 e. The largest absolute Gasteiger partial charge is 0.507 e. The van der Waals surface area contributed by atoms with Gasteiger partial charge < -0.3 is 10.0 Å². The van der Waals surface area contributed by atoms with Gasteiger partial charge in [0.15, 0.2) is 0 Å². The molecule has 2 heterocycles. The fraction of sp³-hybridized carbons (Fsp3) is 0.222. The maximum Gasteiger partial charge on any atom is 0.295 e. The average molecular weight is 427 g/mol. The monoisotopic (exact) mass is 426 g/mol. The molecule has 0 saturated carbocycles. The zero-order chi connectivity index (χ0) is 22.9. The zero-order valence-electron chi connectivity index (χ0n) is 18.4. The van der Waals surface area contributed by atoms with Gasteiger partial charge in [0.25, 0.3) is 11.7 Å². The molecule has 1 aliphatic heterocycles. The van der Waals surface area contributed by atoms with Crippen LogP contribution < -0.4 is 0 Å². The van der Waals surface area contributed by atoms with Crippen LogP contribution in [0.1, 0.15) is 49.1 Å². The second-order valence-corrected chi connectivity index (χ2v) is 9.02. The Morgan fingerprint density at radius 2 is 1.56 bits per heavy atom. The highest BCUT2D eigenvalue weighted by molar-refractivity contribution is 6.46. The van der Waals surface area contributed by atoms with Gasteiger partial charge in [-0.3, -0.25) is 14.6 Å². The van der Waals surface area contributed by atoms with Gasteiger partial charge in [0.2, 0.25) is 0 Å². The van der Waals surface area contributed by atoms with E-state index in [0.29, 0.717) is 5.56 Å². The van der Waals surface area contributed by atoms with Gasteiger partial charge in [0.1, 0.15) is 5.76 Å². The van der Waals surface area contributed by atoms with Gasteiger partial charge in [-0.05, 0) is 34.2 Å². The van der Waals surface area contributed by atoms with Crippen LogP contribution in [0.25, 0.3) is 5.76 Å².